The van der Waals surface area contributed by atoms with Gasteiger partial charge in [-0.1, -0.05) is 16.9 Å². The molecule has 0 aromatic heterocycles. The summed E-state index contributed by atoms with van der Waals surface area (Å²) in [5.41, 5.74) is 0. The summed E-state index contributed by atoms with van der Waals surface area (Å²) in [6, 6.07) is 0. The van der Waals surface area contributed by atoms with Gasteiger partial charge in [-0.15, -0.1) is 0 Å². The highest BCUT2D eigenvalue weighted by Gasteiger charge is 2.05. The molecule has 0 saturated carbocycles. The van der Waals surface area contributed by atoms with E-state index in [4.69, 9.17) is 5.11 Å². The molecular formula is C9H14NO2S2+. The smallest absolute Gasteiger partial charge is 0.515 e. The minimum atomic E-state index is -0.467. The highest BCUT2D eigenvalue weighted by Crippen LogP contribution is 2.26. The first-order valence-corrected chi connectivity index (χ1v) is 6.86. The summed E-state index contributed by atoms with van der Waals surface area (Å²) in [5.74, 6) is 0.438. The second-order valence-corrected chi connectivity index (χ2v) is 5.28. The Balaban J connectivity index is 2.01. The van der Waals surface area contributed by atoms with Crippen molar-refractivity contribution in [2.24, 2.45) is 4.99 Å². The molecule has 0 spiro atoms. The van der Waals surface area contributed by atoms with Gasteiger partial charge < -0.3 is 5.11 Å². The minimum absolute atomic E-state index is 0.371. The fourth-order valence-corrected chi connectivity index (χ4v) is 2.99. The van der Waals surface area contributed by atoms with E-state index in [-0.39, 0.29) is 0 Å². The van der Waals surface area contributed by atoms with Crippen LogP contribution in [0.15, 0.2) is 17.1 Å². The molecule has 2 N–H and O–H groups in total. The molecule has 3 nitrogen and oxygen atoms in total. The van der Waals surface area contributed by atoms with Crippen LogP contribution in [0.1, 0.15) is 19.3 Å². The van der Waals surface area contributed by atoms with Crippen LogP contribution in [0.3, 0.4) is 0 Å². The molecule has 1 rings (SSSR count). The molecule has 78 valence electrons. The van der Waals surface area contributed by atoms with Gasteiger partial charge >= 0.3 is 5.97 Å². The number of dihydropyridines is 1. The Morgan fingerprint density at radius 1 is 1.64 bits per heavy atom. The van der Waals surface area contributed by atoms with Gasteiger partial charge in [0.25, 0.3) is 0 Å². The Morgan fingerprint density at radius 2 is 2.50 bits per heavy atom. The largest absolute Gasteiger partial charge is 0.565 e. The molecule has 1 heterocycles. The van der Waals surface area contributed by atoms with Crippen molar-refractivity contribution in [3.63, 3.8) is 0 Å². The molecule has 0 atom stereocenters. The van der Waals surface area contributed by atoms with Gasteiger partial charge in [-0.2, -0.15) is 0 Å². The maximum absolute atomic E-state index is 10.3. The summed E-state index contributed by atoms with van der Waals surface area (Å²) >= 11 is 0. The van der Waals surface area contributed by atoms with Gasteiger partial charge in [0.05, 0.1) is 0 Å². The standard InChI is InChI=1S/C9H13NO2S2/c11-9(12)5-3-7-13-14-8-4-1-2-6-10-8/h1,4H,2-3,5-7H2,(H,11,12)/p+1. The quantitative estimate of drug-likeness (QED) is 0.412. The van der Waals surface area contributed by atoms with E-state index in [1.807, 2.05) is 6.08 Å². The zero-order valence-electron chi connectivity index (χ0n) is 7.86. The van der Waals surface area contributed by atoms with Gasteiger partial charge in [0, 0.05) is 17.1 Å². The van der Waals surface area contributed by atoms with Crippen LogP contribution >= 0.6 is 21.6 Å². The van der Waals surface area contributed by atoms with Crippen molar-refractivity contribution >= 4 is 32.6 Å². The van der Waals surface area contributed by atoms with Gasteiger partial charge in [0.15, 0.2) is 0 Å². The summed E-state index contributed by atoms with van der Waals surface area (Å²) in [6.07, 6.45) is 6.37. The average Bonchev–Trinajstić information content (AvgIpc) is 2.18. The molecule has 0 fully saturated rings. The SMILES string of the molecule is O=C([OH2+])CCCSSC1=NCCC=C1. The molecule has 0 bridgehead atoms. The van der Waals surface area contributed by atoms with E-state index in [1.54, 1.807) is 21.6 Å². The first-order valence-electron chi connectivity index (χ1n) is 4.54. The Hall–Kier alpha value is -0.420. The third kappa shape index (κ3) is 5.34. The van der Waals surface area contributed by atoms with Crippen molar-refractivity contribution < 1.29 is 9.90 Å². The molecule has 14 heavy (non-hydrogen) atoms. The molecule has 1 aliphatic heterocycles. The molecule has 0 aliphatic carbocycles. The van der Waals surface area contributed by atoms with E-state index in [2.05, 4.69) is 11.1 Å². The molecular weight excluding hydrogens is 218 g/mol. The number of carbonyl (C=O) groups is 1. The summed E-state index contributed by atoms with van der Waals surface area (Å²) in [4.78, 5) is 14.7. The number of rotatable bonds is 5. The Morgan fingerprint density at radius 3 is 3.14 bits per heavy atom. The molecule has 5 heteroatoms. The van der Waals surface area contributed by atoms with E-state index in [1.165, 1.54) is 0 Å². The monoisotopic (exact) mass is 232 g/mol. The Labute approximate surface area is 91.5 Å². The van der Waals surface area contributed by atoms with Crippen molar-refractivity contribution in [3.8, 4) is 0 Å². The third-order valence-electron chi connectivity index (χ3n) is 1.60. The maximum atomic E-state index is 10.3. The second kappa shape index (κ2) is 6.95. The van der Waals surface area contributed by atoms with Crippen LogP contribution in [0.25, 0.3) is 0 Å². The first kappa shape index (κ1) is 11.7. The summed E-state index contributed by atoms with van der Waals surface area (Å²) in [7, 11) is 3.36. The number of hydrogen-bond donors (Lipinski definition) is 0. The number of aliphatic imine (C=N–C) groups is 1. The lowest BCUT2D eigenvalue weighted by molar-refractivity contribution is -0.137. The van der Waals surface area contributed by atoms with Gasteiger partial charge in [0.2, 0.25) is 0 Å². The van der Waals surface area contributed by atoms with Crippen LogP contribution in [-0.2, 0) is 4.79 Å². The highest BCUT2D eigenvalue weighted by molar-refractivity contribution is 8.82. The second-order valence-electron chi connectivity index (χ2n) is 2.84. The van der Waals surface area contributed by atoms with Crippen molar-refractivity contribution in [2.75, 3.05) is 12.3 Å². The van der Waals surface area contributed by atoms with Gasteiger partial charge in [-0.25, -0.2) is 0 Å². The highest BCUT2D eigenvalue weighted by atomic mass is 33.1. The van der Waals surface area contributed by atoms with E-state index >= 15 is 0 Å². The fraction of sp³-hybridized carbons (Fsp3) is 0.556. The molecule has 0 aromatic carbocycles. The average molecular weight is 232 g/mol. The van der Waals surface area contributed by atoms with Crippen molar-refractivity contribution in [1.29, 1.82) is 0 Å². The maximum Gasteiger partial charge on any atom is 0.515 e. The molecule has 1 aliphatic rings. The van der Waals surface area contributed by atoms with E-state index in [0.29, 0.717) is 6.42 Å². The van der Waals surface area contributed by atoms with E-state index in [0.717, 1.165) is 30.2 Å². The van der Waals surface area contributed by atoms with Gasteiger partial charge in [-0.05, 0) is 29.7 Å². The van der Waals surface area contributed by atoms with Crippen LogP contribution in [0.5, 0.6) is 0 Å². The minimum Gasteiger partial charge on any atom is -0.565 e. The molecule has 0 amide bonds. The zero-order chi connectivity index (χ0) is 10.2. The summed E-state index contributed by atoms with van der Waals surface area (Å²) in [6.45, 7) is 0.893. The molecule has 0 aromatic rings. The van der Waals surface area contributed by atoms with Crippen molar-refractivity contribution in [2.45, 2.75) is 19.3 Å². The predicted octanol–water partition coefficient (Wildman–Crippen LogP) is 1.76. The number of carbonyl (C=O) groups excluding carboxylic acids is 1. The molecule has 0 unspecified atom stereocenters. The first-order chi connectivity index (χ1) is 6.79. The fourth-order valence-electron chi connectivity index (χ4n) is 0.934. The van der Waals surface area contributed by atoms with Crippen LogP contribution in [0.2, 0.25) is 0 Å². The van der Waals surface area contributed by atoms with Crippen LogP contribution in [0.4, 0.5) is 0 Å². The van der Waals surface area contributed by atoms with Crippen LogP contribution < -0.4 is 0 Å². The Kier molecular flexibility index (Phi) is 5.78. The molecule has 0 radical (unpaired) electrons. The Bertz CT molecular complexity index is 251. The third-order valence-corrected chi connectivity index (χ3v) is 3.97. The van der Waals surface area contributed by atoms with Crippen LogP contribution in [0, 0.1) is 0 Å². The lowest BCUT2D eigenvalue weighted by Gasteiger charge is -2.03. The summed E-state index contributed by atoms with van der Waals surface area (Å²) in [5, 5.41) is 7.79. The van der Waals surface area contributed by atoms with Crippen molar-refractivity contribution in [1.82, 2.24) is 0 Å². The van der Waals surface area contributed by atoms with Gasteiger partial charge in [-0.3, -0.25) is 4.99 Å². The van der Waals surface area contributed by atoms with E-state index < -0.39 is 5.97 Å². The predicted molar refractivity (Wildman–Crippen MR) is 64.0 cm³/mol. The topological polar surface area (TPSA) is 52.3 Å². The number of hydrogen-bond acceptors (Lipinski definition) is 4. The normalized spacial score (nSPS) is 15.3. The van der Waals surface area contributed by atoms with Crippen LogP contribution in [-0.4, -0.2) is 28.4 Å². The lowest BCUT2D eigenvalue weighted by Crippen LogP contribution is -1.96. The van der Waals surface area contributed by atoms with Gasteiger partial charge in [0.1, 0.15) is 11.5 Å². The summed E-state index contributed by atoms with van der Waals surface area (Å²) < 4.78 is 0. The zero-order valence-corrected chi connectivity index (χ0v) is 9.50. The molecule has 0 saturated heterocycles. The van der Waals surface area contributed by atoms with Crippen molar-refractivity contribution in [3.05, 3.63) is 12.2 Å². The van der Waals surface area contributed by atoms with E-state index in [9.17, 15) is 4.79 Å². The lowest BCUT2D eigenvalue weighted by atomic mass is 10.3. The number of nitrogens with zero attached hydrogens (tertiary/aromatic N) is 1.